The first-order valence-corrected chi connectivity index (χ1v) is 7.45. The summed E-state index contributed by atoms with van der Waals surface area (Å²) in [5.74, 6) is -1.45. The third kappa shape index (κ3) is 4.68. The summed E-state index contributed by atoms with van der Waals surface area (Å²) in [6.07, 6.45) is 2.63. The number of hydrazine groups is 1. The van der Waals surface area contributed by atoms with Gasteiger partial charge in [0.1, 0.15) is 12.3 Å². The maximum Gasteiger partial charge on any atom is 0.269 e. The van der Waals surface area contributed by atoms with Gasteiger partial charge in [0.15, 0.2) is 0 Å². The van der Waals surface area contributed by atoms with Gasteiger partial charge in [0, 0.05) is 10.0 Å². The highest BCUT2D eigenvalue weighted by Gasteiger charge is 2.17. The third-order valence-electron chi connectivity index (χ3n) is 2.93. The second kappa shape index (κ2) is 7.59. The molecule has 1 heterocycles. The van der Waals surface area contributed by atoms with Crippen LogP contribution in [0.4, 0.5) is 0 Å². The van der Waals surface area contributed by atoms with Crippen LogP contribution in [-0.2, 0) is 4.79 Å². The van der Waals surface area contributed by atoms with Crippen LogP contribution in [0.5, 0.6) is 0 Å². The summed E-state index contributed by atoms with van der Waals surface area (Å²) in [4.78, 5) is 35.5. The summed E-state index contributed by atoms with van der Waals surface area (Å²) < 4.78 is 5.63. The first kappa shape index (κ1) is 16.8. The number of hydrogen-bond acceptors (Lipinski definition) is 4. The minimum absolute atomic E-state index is 0.309. The standard InChI is InChI=1S/C15H14BrN3O4/c1-9(17-14(21)11-6-7-23-8-11)13(20)18-19-15(22)10-2-4-12(16)5-3-10/h2-9H,1H3,(H,17,21)(H,18,20)(H,19,22). The molecule has 0 saturated heterocycles. The van der Waals surface area contributed by atoms with E-state index in [-0.39, 0.29) is 0 Å². The number of hydrogen-bond donors (Lipinski definition) is 3. The quantitative estimate of drug-likeness (QED) is 0.702. The summed E-state index contributed by atoms with van der Waals surface area (Å²) in [5.41, 5.74) is 5.24. The molecule has 1 aromatic heterocycles. The Morgan fingerprint density at radius 3 is 2.30 bits per heavy atom. The van der Waals surface area contributed by atoms with E-state index in [1.807, 2.05) is 0 Å². The maximum absolute atomic E-state index is 11.9. The molecule has 0 aliphatic rings. The molecule has 3 amide bonds. The van der Waals surface area contributed by atoms with E-state index in [1.54, 1.807) is 24.3 Å². The van der Waals surface area contributed by atoms with Crippen molar-refractivity contribution in [3.8, 4) is 0 Å². The Kier molecular flexibility index (Phi) is 5.53. The van der Waals surface area contributed by atoms with Crippen molar-refractivity contribution in [3.63, 3.8) is 0 Å². The lowest BCUT2D eigenvalue weighted by molar-refractivity contribution is -0.123. The lowest BCUT2D eigenvalue weighted by Gasteiger charge is -2.14. The zero-order valence-electron chi connectivity index (χ0n) is 12.1. The molecule has 120 valence electrons. The molecule has 1 unspecified atom stereocenters. The Hall–Kier alpha value is -2.61. The van der Waals surface area contributed by atoms with Crippen molar-refractivity contribution in [2.45, 2.75) is 13.0 Å². The van der Waals surface area contributed by atoms with Crippen molar-refractivity contribution < 1.29 is 18.8 Å². The SMILES string of the molecule is CC(NC(=O)c1ccoc1)C(=O)NNC(=O)c1ccc(Br)cc1. The van der Waals surface area contributed by atoms with Crippen molar-refractivity contribution in [2.24, 2.45) is 0 Å². The number of halogens is 1. The molecule has 0 saturated carbocycles. The molecule has 0 spiro atoms. The van der Waals surface area contributed by atoms with Crippen LogP contribution in [-0.4, -0.2) is 23.8 Å². The van der Waals surface area contributed by atoms with Crippen LogP contribution in [0.2, 0.25) is 0 Å². The van der Waals surface area contributed by atoms with Crippen LogP contribution in [0.15, 0.2) is 51.7 Å². The molecule has 2 aromatic rings. The molecule has 0 aliphatic heterocycles. The van der Waals surface area contributed by atoms with Crippen molar-refractivity contribution in [1.29, 1.82) is 0 Å². The van der Waals surface area contributed by atoms with Crippen molar-refractivity contribution in [1.82, 2.24) is 16.2 Å². The third-order valence-corrected chi connectivity index (χ3v) is 3.46. The summed E-state index contributed by atoms with van der Waals surface area (Å²) >= 11 is 3.27. The lowest BCUT2D eigenvalue weighted by atomic mass is 10.2. The van der Waals surface area contributed by atoms with Crippen LogP contribution in [0, 0.1) is 0 Å². The Labute approximate surface area is 140 Å². The number of carbonyl (C=O) groups is 3. The van der Waals surface area contributed by atoms with Crippen LogP contribution in [0.3, 0.4) is 0 Å². The van der Waals surface area contributed by atoms with Gasteiger partial charge in [-0.15, -0.1) is 0 Å². The molecule has 3 N–H and O–H groups in total. The van der Waals surface area contributed by atoms with Gasteiger partial charge in [0.2, 0.25) is 0 Å². The molecule has 7 nitrogen and oxygen atoms in total. The van der Waals surface area contributed by atoms with E-state index in [1.165, 1.54) is 25.5 Å². The highest BCUT2D eigenvalue weighted by Crippen LogP contribution is 2.10. The Balaban J connectivity index is 1.83. The highest BCUT2D eigenvalue weighted by atomic mass is 79.9. The van der Waals surface area contributed by atoms with E-state index < -0.39 is 23.8 Å². The van der Waals surface area contributed by atoms with E-state index in [2.05, 4.69) is 32.1 Å². The van der Waals surface area contributed by atoms with E-state index in [0.29, 0.717) is 11.1 Å². The average molecular weight is 380 g/mol. The molecule has 0 bridgehead atoms. The predicted molar refractivity (Wildman–Crippen MR) is 85.4 cm³/mol. The monoisotopic (exact) mass is 379 g/mol. The zero-order chi connectivity index (χ0) is 16.8. The first-order valence-electron chi connectivity index (χ1n) is 6.66. The summed E-state index contributed by atoms with van der Waals surface area (Å²) in [6, 6.07) is 7.29. The maximum atomic E-state index is 11.9. The normalized spacial score (nSPS) is 11.4. The van der Waals surface area contributed by atoms with Crippen molar-refractivity contribution in [2.75, 3.05) is 0 Å². The number of nitrogens with one attached hydrogen (secondary N) is 3. The van der Waals surface area contributed by atoms with Gasteiger partial charge in [-0.2, -0.15) is 0 Å². The van der Waals surface area contributed by atoms with Crippen molar-refractivity contribution in [3.05, 3.63) is 58.5 Å². The second-order valence-electron chi connectivity index (χ2n) is 4.66. The van der Waals surface area contributed by atoms with Crippen LogP contribution < -0.4 is 16.2 Å². The van der Waals surface area contributed by atoms with E-state index >= 15 is 0 Å². The number of rotatable bonds is 4. The minimum Gasteiger partial charge on any atom is -0.472 e. The number of amides is 3. The fourth-order valence-corrected chi connectivity index (χ4v) is 1.90. The van der Waals surface area contributed by atoms with Gasteiger partial charge in [0.25, 0.3) is 17.7 Å². The van der Waals surface area contributed by atoms with Gasteiger partial charge < -0.3 is 9.73 Å². The molecule has 0 aliphatic carbocycles. The van der Waals surface area contributed by atoms with Gasteiger partial charge in [-0.3, -0.25) is 25.2 Å². The zero-order valence-corrected chi connectivity index (χ0v) is 13.7. The predicted octanol–water partition coefficient (Wildman–Crippen LogP) is 1.62. The van der Waals surface area contributed by atoms with Crippen LogP contribution in [0.1, 0.15) is 27.6 Å². The fourth-order valence-electron chi connectivity index (χ4n) is 1.64. The van der Waals surface area contributed by atoms with Gasteiger partial charge in [-0.05, 0) is 37.3 Å². The molecule has 8 heteroatoms. The smallest absolute Gasteiger partial charge is 0.269 e. The molecule has 2 rings (SSSR count). The number of carbonyl (C=O) groups excluding carboxylic acids is 3. The lowest BCUT2D eigenvalue weighted by Crippen LogP contribution is -2.51. The van der Waals surface area contributed by atoms with Crippen LogP contribution >= 0.6 is 15.9 Å². The molecule has 1 atom stereocenters. The summed E-state index contributed by atoms with van der Waals surface area (Å²) in [7, 11) is 0. The molecule has 0 fully saturated rings. The second-order valence-corrected chi connectivity index (χ2v) is 5.57. The van der Waals surface area contributed by atoms with Crippen LogP contribution in [0.25, 0.3) is 0 Å². The van der Waals surface area contributed by atoms with Gasteiger partial charge in [-0.1, -0.05) is 15.9 Å². The molecule has 23 heavy (non-hydrogen) atoms. The summed E-state index contributed by atoms with van der Waals surface area (Å²) in [5, 5.41) is 2.48. The molecular formula is C15H14BrN3O4. The largest absolute Gasteiger partial charge is 0.472 e. The Morgan fingerprint density at radius 1 is 1.00 bits per heavy atom. The summed E-state index contributed by atoms with van der Waals surface area (Å²) in [6.45, 7) is 1.50. The van der Waals surface area contributed by atoms with Gasteiger partial charge in [-0.25, -0.2) is 0 Å². The first-order chi connectivity index (χ1) is 11.0. The van der Waals surface area contributed by atoms with E-state index in [9.17, 15) is 14.4 Å². The topological polar surface area (TPSA) is 100 Å². The minimum atomic E-state index is -0.831. The van der Waals surface area contributed by atoms with Gasteiger partial charge in [0.05, 0.1) is 11.8 Å². The van der Waals surface area contributed by atoms with Gasteiger partial charge >= 0.3 is 0 Å². The molecular weight excluding hydrogens is 366 g/mol. The average Bonchev–Trinajstić information content (AvgIpc) is 3.07. The number of furan rings is 1. The molecule has 1 aromatic carbocycles. The number of benzene rings is 1. The van der Waals surface area contributed by atoms with Crippen molar-refractivity contribution >= 4 is 33.7 Å². The fraction of sp³-hybridized carbons (Fsp3) is 0.133. The van der Waals surface area contributed by atoms with E-state index in [0.717, 1.165) is 4.47 Å². The van der Waals surface area contributed by atoms with E-state index in [4.69, 9.17) is 4.42 Å². The highest BCUT2D eigenvalue weighted by molar-refractivity contribution is 9.10. The Bertz CT molecular complexity index is 698. The Morgan fingerprint density at radius 2 is 1.70 bits per heavy atom. The molecule has 0 radical (unpaired) electrons.